The minimum Gasteiger partial charge on any atom is -0.494 e. The fourth-order valence-corrected chi connectivity index (χ4v) is 4.77. The molecule has 32 heavy (non-hydrogen) atoms. The first-order valence-corrected chi connectivity index (χ1v) is 12.2. The third-order valence-electron chi connectivity index (χ3n) is 5.40. The van der Waals surface area contributed by atoms with Gasteiger partial charge >= 0.3 is 0 Å². The Hall–Kier alpha value is -3.10. The summed E-state index contributed by atoms with van der Waals surface area (Å²) < 4.78 is 33.3. The predicted molar refractivity (Wildman–Crippen MR) is 127 cm³/mol. The number of benzene rings is 2. The van der Waals surface area contributed by atoms with Crippen LogP contribution in [-0.2, 0) is 16.6 Å². The number of rotatable bonds is 8. The highest BCUT2D eigenvalue weighted by molar-refractivity contribution is 7.92. The van der Waals surface area contributed by atoms with Gasteiger partial charge in [-0.25, -0.2) is 13.4 Å². The van der Waals surface area contributed by atoms with Gasteiger partial charge in [-0.3, -0.25) is 9.62 Å². The maximum atomic E-state index is 12.7. The highest BCUT2D eigenvalue weighted by Gasteiger charge is 2.18. The monoisotopic (exact) mass is 452 g/mol. The standard InChI is InChI=1S/C24H28N4O3S/c1-2-31-22-10-12-23(13-11-22)32(29,30)26-21-8-6-20(7-9-21)19-27-15-17-28(18-16-27)24-5-3-4-14-25-24/h3-14,26H,2,15-19H2,1H3. The smallest absolute Gasteiger partial charge is 0.261 e. The number of pyridine rings is 1. The molecule has 0 saturated carbocycles. The average Bonchev–Trinajstić information content (AvgIpc) is 2.82. The number of ether oxygens (including phenoxy) is 1. The zero-order valence-electron chi connectivity index (χ0n) is 18.1. The van der Waals surface area contributed by atoms with Crippen molar-refractivity contribution in [3.8, 4) is 5.75 Å². The molecule has 1 aliphatic rings. The number of piperazine rings is 1. The number of sulfonamides is 1. The number of hydrogen-bond acceptors (Lipinski definition) is 6. The molecule has 1 aliphatic heterocycles. The Morgan fingerprint density at radius 2 is 1.66 bits per heavy atom. The van der Waals surface area contributed by atoms with Crippen molar-refractivity contribution in [1.29, 1.82) is 0 Å². The van der Waals surface area contributed by atoms with E-state index in [0.29, 0.717) is 18.0 Å². The van der Waals surface area contributed by atoms with Gasteiger partial charge in [0.15, 0.2) is 0 Å². The van der Waals surface area contributed by atoms with Crippen molar-refractivity contribution in [3.05, 3.63) is 78.5 Å². The van der Waals surface area contributed by atoms with E-state index in [1.165, 1.54) is 0 Å². The zero-order chi connectivity index (χ0) is 22.4. The second-order valence-electron chi connectivity index (χ2n) is 7.66. The Morgan fingerprint density at radius 1 is 0.938 bits per heavy atom. The van der Waals surface area contributed by atoms with Crippen LogP contribution in [0.4, 0.5) is 11.5 Å². The molecule has 1 aromatic heterocycles. The van der Waals surface area contributed by atoms with Gasteiger partial charge < -0.3 is 9.64 Å². The Labute approximate surface area is 189 Å². The van der Waals surface area contributed by atoms with Gasteiger partial charge in [-0.15, -0.1) is 0 Å². The van der Waals surface area contributed by atoms with Crippen LogP contribution in [-0.4, -0.2) is 51.1 Å². The van der Waals surface area contributed by atoms with E-state index in [9.17, 15) is 8.42 Å². The predicted octanol–water partition coefficient (Wildman–Crippen LogP) is 3.60. The molecule has 0 bridgehead atoms. The molecule has 0 aliphatic carbocycles. The molecule has 2 aromatic carbocycles. The SMILES string of the molecule is CCOc1ccc(S(=O)(=O)Nc2ccc(CN3CCN(c4ccccn4)CC3)cc2)cc1. The summed E-state index contributed by atoms with van der Waals surface area (Å²) in [4.78, 5) is 9.34. The lowest BCUT2D eigenvalue weighted by Crippen LogP contribution is -2.46. The quantitative estimate of drug-likeness (QED) is 0.563. The van der Waals surface area contributed by atoms with Crippen molar-refractivity contribution >= 4 is 21.5 Å². The highest BCUT2D eigenvalue weighted by Crippen LogP contribution is 2.21. The summed E-state index contributed by atoms with van der Waals surface area (Å²) in [7, 11) is -3.65. The molecule has 2 heterocycles. The first-order valence-electron chi connectivity index (χ1n) is 10.8. The van der Waals surface area contributed by atoms with Crippen molar-refractivity contribution in [1.82, 2.24) is 9.88 Å². The second kappa shape index (κ2) is 10.0. The van der Waals surface area contributed by atoms with E-state index >= 15 is 0 Å². The minimum absolute atomic E-state index is 0.204. The van der Waals surface area contributed by atoms with Gasteiger partial charge in [-0.2, -0.15) is 0 Å². The topological polar surface area (TPSA) is 74.8 Å². The molecule has 0 amide bonds. The summed E-state index contributed by atoms with van der Waals surface area (Å²) in [6.07, 6.45) is 1.83. The summed E-state index contributed by atoms with van der Waals surface area (Å²) in [5.41, 5.74) is 1.70. The van der Waals surface area contributed by atoms with E-state index in [2.05, 4.69) is 19.5 Å². The first kappa shape index (κ1) is 22.1. The van der Waals surface area contributed by atoms with Crippen LogP contribution in [0.2, 0.25) is 0 Å². The first-order chi connectivity index (χ1) is 15.5. The van der Waals surface area contributed by atoms with Gasteiger partial charge in [0.2, 0.25) is 0 Å². The summed E-state index contributed by atoms with van der Waals surface area (Å²) in [5.74, 6) is 1.67. The minimum atomic E-state index is -3.65. The fourth-order valence-electron chi connectivity index (χ4n) is 3.71. The molecule has 0 unspecified atom stereocenters. The van der Waals surface area contributed by atoms with Gasteiger partial charge in [-0.05, 0) is 61.0 Å². The number of aromatic nitrogens is 1. The molecule has 168 valence electrons. The largest absolute Gasteiger partial charge is 0.494 e. The average molecular weight is 453 g/mol. The Balaban J connectivity index is 1.31. The van der Waals surface area contributed by atoms with Gasteiger partial charge in [0.05, 0.1) is 11.5 Å². The molecule has 0 radical (unpaired) electrons. The van der Waals surface area contributed by atoms with E-state index in [4.69, 9.17) is 4.74 Å². The summed E-state index contributed by atoms with van der Waals surface area (Å²) in [6, 6.07) is 20.0. The van der Waals surface area contributed by atoms with Gasteiger partial charge in [0, 0.05) is 44.6 Å². The molecule has 1 fully saturated rings. The number of hydrogen-bond donors (Lipinski definition) is 1. The highest BCUT2D eigenvalue weighted by atomic mass is 32.2. The van der Waals surface area contributed by atoms with Crippen LogP contribution < -0.4 is 14.4 Å². The van der Waals surface area contributed by atoms with Gasteiger partial charge in [0.1, 0.15) is 11.6 Å². The van der Waals surface area contributed by atoms with Crippen molar-refractivity contribution < 1.29 is 13.2 Å². The molecule has 0 spiro atoms. The summed E-state index contributed by atoms with van der Waals surface area (Å²) in [5, 5.41) is 0. The fraction of sp³-hybridized carbons (Fsp3) is 0.292. The number of anilines is 2. The Kier molecular flexibility index (Phi) is 6.92. The van der Waals surface area contributed by atoms with E-state index in [1.807, 2.05) is 55.6 Å². The molecule has 0 atom stereocenters. The van der Waals surface area contributed by atoms with Crippen LogP contribution >= 0.6 is 0 Å². The van der Waals surface area contributed by atoms with E-state index in [-0.39, 0.29) is 4.90 Å². The van der Waals surface area contributed by atoms with Crippen molar-refractivity contribution in [3.63, 3.8) is 0 Å². The summed E-state index contributed by atoms with van der Waals surface area (Å²) in [6.45, 7) is 7.07. The van der Waals surface area contributed by atoms with Crippen molar-refractivity contribution in [2.24, 2.45) is 0 Å². The molecule has 7 nitrogen and oxygen atoms in total. The van der Waals surface area contributed by atoms with Crippen molar-refractivity contribution in [2.75, 3.05) is 42.4 Å². The Morgan fingerprint density at radius 3 is 2.28 bits per heavy atom. The van der Waals surface area contributed by atoms with Crippen LogP contribution in [0.3, 0.4) is 0 Å². The van der Waals surface area contributed by atoms with Crippen LogP contribution in [0, 0.1) is 0 Å². The maximum absolute atomic E-state index is 12.7. The molecular weight excluding hydrogens is 424 g/mol. The van der Waals surface area contributed by atoms with E-state index in [0.717, 1.165) is 44.1 Å². The lowest BCUT2D eigenvalue weighted by atomic mass is 10.2. The van der Waals surface area contributed by atoms with Crippen LogP contribution in [0.15, 0.2) is 77.8 Å². The molecule has 1 saturated heterocycles. The van der Waals surface area contributed by atoms with Gasteiger partial charge in [0.25, 0.3) is 10.0 Å². The lowest BCUT2D eigenvalue weighted by molar-refractivity contribution is 0.249. The molecule has 1 N–H and O–H groups in total. The maximum Gasteiger partial charge on any atom is 0.261 e. The third-order valence-corrected chi connectivity index (χ3v) is 6.80. The van der Waals surface area contributed by atoms with E-state index in [1.54, 1.807) is 24.3 Å². The van der Waals surface area contributed by atoms with Crippen LogP contribution in [0.1, 0.15) is 12.5 Å². The summed E-state index contributed by atoms with van der Waals surface area (Å²) >= 11 is 0. The molecule has 8 heteroatoms. The zero-order valence-corrected chi connectivity index (χ0v) is 19.0. The normalized spacial score (nSPS) is 14.8. The molecule has 3 aromatic rings. The number of nitrogens with one attached hydrogen (secondary N) is 1. The van der Waals surface area contributed by atoms with E-state index < -0.39 is 10.0 Å². The second-order valence-corrected chi connectivity index (χ2v) is 9.34. The van der Waals surface area contributed by atoms with Gasteiger partial charge in [-0.1, -0.05) is 18.2 Å². The molecular formula is C24H28N4O3S. The van der Waals surface area contributed by atoms with Crippen molar-refractivity contribution in [2.45, 2.75) is 18.4 Å². The van der Waals surface area contributed by atoms with Crippen LogP contribution in [0.25, 0.3) is 0 Å². The Bertz CT molecular complexity index is 1100. The molecule has 4 rings (SSSR count). The lowest BCUT2D eigenvalue weighted by Gasteiger charge is -2.35. The number of nitrogens with zero attached hydrogens (tertiary/aromatic N) is 3. The third kappa shape index (κ3) is 5.57. The van der Waals surface area contributed by atoms with Crippen LogP contribution in [0.5, 0.6) is 5.75 Å².